The van der Waals surface area contributed by atoms with Crippen LogP contribution in [-0.2, 0) is 11.5 Å². The molecule has 0 aromatic heterocycles. The van der Waals surface area contributed by atoms with Crippen LogP contribution in [0.1, 0.15) is 30.9 Å². The molecule has 0 unspecified atom stereocenters. The highest BCUT2D eigenvalue weighted by atomic mass is 79.9. The number of halogens is 4. The predicted octanol–water partition coefficient (Wildman–Crippen LogP) is 4.78. The van der Waals surface area contributed by atoms with Crippen molar-refractivity contribution in [1.29, 1.82) is 0 Å². The second kappa shape index (κ2) is 6.28. The molecule has 17 heavy (non-hydrogen) atoms. The van der Waals surface area contributed by atoms with Gasteiger partial charge in [0.15, 0.2) is 0 Å². The van der Waals surface area contributed by atoms with Crippen LogP contribution in [0, 0.1) is 0 Å². The van der Waals surface area contributed by atoms with Crippen LogP contribution in [-0.4, -0.2) is 6.61 Å². The first-order chi connectivity index (χ1) is 7.97. The molecule has 1 aromatic rings. The Bertz CT molecular complexity index is 363. The summed E-state index contributed by atoms with van der Waals surface area (Å²) in [5, 5.41) is 0.376. The van der Waals surface area contributed by atoms with Crippen LogP contribution >= 0.6 is 15.9 Å². The summed E-state index contributed by atoms with van der Waals surface area (Å²) in [5.41, 5.74) is -0.104. The van der Waals surface area contributed by atoms with E-state index in [0.717, 1.165) is 25.0 Å². The quantitative estimate of drug-likeness (QED) is 0.562. The summed E-state index contributed by atoms with van der Waals surface area (Å²) in [4.78, 5) is 0. The van der Waals surface area contributed by atoms with Crippen molar-refractivity contribution in [3.05, 3.63) is 29.3 Å². The van der Waals surface area contributed by atoms with Crippen LogP contribution in [0.3, 0.4) is 0 Å². The van der Waals surface area contributed by atoms with E-state index in [2.05, 4.69) is 15.9 Å². The second-order valence-electron chi connectivity index (χ2n) is 3.70. The molecule has 0 spiro atoms. The van der Waals surface area contributed by atoms with Crippen molar-refractivity contribution in [2.24, 2.45) is 0 Å². The molecule has 0 atom stereocenters. The van der Waals surface area contributed by atoms with Gasteiger partial charge in [-0.3, -0.25) is 0 Å². The van der Waals surface area contributed by atoms with Gasteiger partial charge in [0.25, 0.3) is 0 Å². The second-order valence-corrected chi connectivity index (χ2v) is 4.26. The van der Waals surface area contributed by atoms with Crippen molar-refractivity contribution in [2.75, 3.05) is 6.61 Å². The predicted molar refractivity (Wildman–Crippen MR) is 64.5 cm³/mol. The van der Waals surface area contributed by atoms with E-state index in [1.165, 1.54) is 0 Å². The molecule has 0 bridgehead atoms. The zero-order valence-electron chi connectivity index (χ0n) is 9.48. The van der Waals surface area contributed by atoms with E-state index >= 15 is 0 Å². The summed E-state index contributed by atoms with van der Waals surface area (Å²) in [6.07, 6.45) is -2.55. The lowest BCUT2D eigenvalue weighted by Crippen LogP contribution is -2.07. The van der Waals surface area contributed by atoms with Gasteiger partial charge >= 0.3 is 6.18 Å². The van der Waals surface area contributed by atoms with Crippen LogP contribution in [0.2, 0.25) is 0 Å². The third-order valence-corrected chi connectivity index (χ3v) is 2.86. The normalized spacial score (nSPS) is 11.6. The molecule has 1 nitrogen and oxygen atoms in total. The Morgan fingerprint density at radius 1 is 1.24 bits per heavy atom. The summed E-state index contributed by atoms with van der Waals surface area (Å²) >= 11 is 3.15. The van der Waals surface area contributed by atoms with E-state index in [9.17, 15) is 13.2 Å². The molecule has 0 aliphatic heterocycles. The van der Waals surface area contributed by atoms with E-state index in [-0.39, 0.29) is 5.75 Å². The topological polar surface area (TPSA) is 9.23 Å². The molecule has 96 valence electrons. The molecule has 5 heteroatoms. The van der Waals surface area contributed by atoms with Crippen LogP contribution in [0.5, 0.6) is 5.75 Å². The minimum absolute atomic E-state index is 0.280. The lowest BCUT2D eigenvalue weighted by Gasteiger charge is -2.12. The Labute approximate surface area is 107 Å². The highest BCUT2D eigenvalue weighted by Crippen LogP contribution is 2.33. The fourth-order valence-corrected chi connectivity index (χ4v) is 1.64. The van der Waals surface area contributed by atoms with Crippen molar-refractivity contribution < 1.29 is 17.9 Å². The third-order valence-electron chi connectivity index (χ3n) is 2.21. The number of rotatable bonds is 5. The maximum absolute atomic E-state index is 12.6. The van der Waals surface area contributed by atoms with Gasteiger partial charge in [-0.05, 0) is 30.2 Å². The maximum Gasteiger partial charge on any atom is 0.416 e. The van der Waals surface area contributed by atoms with Gasteiger partial charge in [0.05, 0.1) is 12.2 Å². The van der Waals surface area contributed by atoms with Crippen LogP contribution in [0.25, 0.3) is 0 Å². The molecular weight excluding hydrogens is 297 g/mol. The molecule has 0 fully saturated rings. The fourth-order valence-electron chi connectivity index (χ4n) is 1.32. The standard InChI is InChI=1S/C12H14BrF3O/c1-2-3-4-17-11-6-9(8-13)5-10(7-11)12(14,15)16/h5-7H,2-4,8H2,1H3. The largest absolute Gasteiger partial charge is 0.494 e. The van der Waals surface area contributed by atoms with Crippen LogP contribution in [0.4, 0.5) is 13.2 Å². The first-order valence-corrected chi connectivity index (χ1v) is 6.49. The Balaban J connectivity index is 2.89. The minimum Gasteiger partial charge on any atom is -0.494 e. The van der Waals surface area contributed by atoms with Crippen molar-refractivity contribution in [2.45, 2.75) is 31.3 Å². The molecule has 0 saturated carbocycles. The zero-order chi connectivity index (χ0) is 12.9. The number of benzene rings is 1. The van der Waals surface area contributed by atoms with Crippen LogP contribution in [0.15, 0.2) is 18.2 Å². The summed E-state index contributed by atoms with van der Waals surface area (Å²) < 4.78 is 43.1. The first-order valence-electron chi connectivity index (χ1n) is 5.37. The summed E-state index contributed by atoms with van der Waals surface area (Å²) in [5.74, 6) is 0.280. The molecule has 0 radical (unpaired) electrons. The monoisotopic (exact) mass is 310 g/mol. The Morgan fingerprint density at radius 3 is 2.47 bits per heavy atom. The molecule has 0 aliphatic rings. The molecule has 0 aliphatic carbocycles. The van der Waals surface area contributed by atoms with Gasteiger partial charge in [-0.15, -0.1) is 0 Å². The molecule has 1 aromatic carbocycles. The van der Waals surface area contributed by atoms with Gasteiger partial charge in [0.1, 0.15) is 5.75 Å². The van der Waals surface area contributed by atoms with Gasteiger partial charge in [-0.2, -0.15) is 13.2 Å². The van der Waals surface area contributed by atoms with Gasteiger partial charge in [-0.1, -0.05) is 29.3 Å². The van der Waals surface area contributed by atoms with Gasteiger partial charge in [0, 0.05) is 5.33 Å². The lowest BCUT2D eigenvalue weighted by atomic mass is 10.1. The highest BCUT2D eigenvalue weighted by Gasteiger charge is 2.31. The Hall–Kier alpha value is -0.710. The molecule has 1 rings (SSSR count). The number of hydrogen-bond acceptors (Lipinski definition) is 1. The Morgan fingerprint density at radius 2 is 1.94 bits per heavy atom. The van der Waals surface area contributed by atoms with Crippen molar-refractivity contribution >= 4 is 15.9 Å². The summed E-state index contributed by atoms with van der Waals surface area (Å²) in [6, 6.07) is 3.79. The lowest BCUT2D eigenvalue weighted by molar-refractivity contribution is -0.137. The van der Waals surface area contributed by atoms with Crippen molar-refractivity contribution in [3.8, 4) is 5.75 Å². The number of unbranched alkanes of at least 4 members (excludes halogenated alkanes) is 1. The average molecular weight is 311 g/mol. The number of hydrogen-bond donors (Lipinski definition) is 0. The summed E-state index contributed by atoms with van der Waals surface area (Å²) in [7, 11) is 0. The Kier molecular flexibility index (Phi) is 5.31. The number of alkyl halides is 4. The van der Waals surface area contributed by atoms with Gasteiger partial charge < -0.3 is 4.74 Å². The van der Waals surface area contributed by atoms with E-state index in [4.69, 9.17) is 4.74 Å². The fraction of sp³-hybridized carbons (Fsp3) is 0.500. The summed E-state index contributed by atoms with van der Waals surface area (Å²) in [6.45, 7) is 2.44. The average Bonchev–Trinajstić information content (AvgIpc) is 2.28. The maximum atomic E-state index is 12.6. The minimum atomic E-state index is -4.33. The molecule has 0 saturated heterocycles. The molecule has 0 N–H and O–H groups in total. The van der Waals surface area contributed by atoms with Gasteiger partial charge in [-0.25, -0.2) is 0 Å². The molecule has 0 heterocycles. The van der Waals surface area contributed by atoms with E-state index in [1.54, 1.807) is 6.07 Å². The third kappa shape index (κ3) is 4.58. The molecular formula is C12H14BrF3O. The van der Waals surface area contributed by atoms with Crippen molar-refractivity contribution in [1.82, 2.24) is 0 Å². The first kappa shape index (κ1) is 14.4. The van der Waals surface area contributed by atoms with Crippen LogP contribution < -0.4 is 4.74 Å². The smallest absolute Gasteiger partial charge is 0.416 e. The van der Waals surface area contributed by atoms with Crippen molar-refractivity contribution in [3.63, 3.8) is 0 Å². The molecule has 0 amide bonds. The highest BCUT2D eigenvalue weighted by molar-refractivity contribution is 9.08. The SMILES string of the molecule is CCCCOc1cc(CBr)cc(C(F)(F)F)c1. The van der Waals surface area contributed by atoms with E-state index < -0.39 is 11.7 Å². The zero-order valence-corrected chi connectivity index (χ0v) is 11.1. The number of ether oxygens (including phenoxy) is 1. The van der Waals surface area contributed by atoms with Gasteiger partial charge in [0.2, 0.25) is 0 Å². The van der Waals surface area contributed by atoms with E-state index in [1.807, 2.05) is 6.92 Å². The van der Waals surface area contributed by atoms with E-state index in [0.29, 0.717) is 17.5 Å².